The number of imide groups is 1. The van der Waals surface area contributed by atoms with Crippen molar-refractivity contribution in [2.24, 2.45) is 0 Å². The van der Waals surface area contributed by atoms with Gasteiger partial charge in [0.2, 0.25) is 5.91 Å². The second-order valence-electron chi connectivity index (χ2n) is 8.70. The lowest BCUT2D eigenvalue weighted by atomic mass is 10.1. The van der Waals surface area contributed by atoms with E-state index in [0.717, 1.165) is 10.5 Å². The number of nitrogens with one attached hydrogen (secondary N) is 1. The minimum Gasteiger partial charge on any atom is -0.497 e. The largest absolute Gasteiger partial charge is 0.497 e. The van der Waals surface area contributed by atoms with Crippen LogP contribution in [-0.2, 0) is 20.9 Å². The van der Waals surface area contributed by atoms with E-state index in [9.17, 15) is 19.2 Å². The molecule has 3 aromatic carbocycles. The molecule has 0 saturated carbocycles. The lowest BCUT2D eigenvalue weighted by Crippen LogP contribution is -2.37. The average molecular weight is 532 g/mol. The standard InChI is InChI=1S/C29H29N3O7/c1-4-39-28(35)20-7-5-8-21(15-20)30-26(33)17-25-27(34)32(22-9-6-10-24(16-22)38-3)29(36)31(25)18-19-11-13-23(37-2)14-12-19/h5-16,25H,4,17-18H2,1-3H3,(H,30,33)/t25-/m1/s1. The zero-order chi connectivity index (χ0) is 27.9. The van der Waals surface area contributed by atoms with Gasteiger partial charge in [-0.25, -0.2) is 14.5 Å². The van der Waals surface area contributed by atoms with E-state index in [2.05, 4.69) is 5.32 Å². The summed E-state index contributed by atoms with van der Waals surface area (Å²) in [6.07, 6.45) is -0.287. The molecule has 0 spiro atoms. The first kappa shape index (κ1) is 27.2. The van der Waals surface area contributed by atoms with E-state index in [1.807, 2.05) is 0 Å². The van der Waals surface area contributed by atoms with Crippen LogP contribution in [0, 0.1) is 0 Å². The van der Waals surface area contributed by atoms with Crippen molar-refractivity contribution >= 4 is 35.2 Å². The molecule has 1 fully saturated rings. The SMILES string of the molecule is CCOC(=O)c1cccc(NC(=O)C[C@@H]2C(=O)N(c3cccc(OC)c3)C(=O)N2Cc2ccc(OC)cc2)c1. The molecule has 4 amide bonds. The molecule has 0 unspecified atom stereocenters. The molecule has 202 valence electrons. The Hall–Kier alpha value is -4.86. The Kier molecular flexibility index (Phi) is 8.45. The molecule has 0 radical (unpaired) electrons. The van der Waals surface area contributed by atoms with Gasteiger partial charge in [-0.3, -0.25) is 9.59 Å². The van der Waals surface area contributed by atoms with Gasteiger partial charge in [0.15, 0.2) is 0 Å². The van der Waals surface area contributed by atoms with E-state index in [-0.39, 0.29) is 25.1 Å². The lowest BCUT2D eigenvalue weighted by Gasteiger charge is -2.22. The van der Waals surface area contributed by atoms with Crippen molar-refractivity contribution in [3.05, 3.63) is 83.9 Å². The van der Waals surface area contributed by atoms with Crippen LogP contribution in [0.5, 0.6) is 11.5 Å². The highest BCUT2D eigenvalue weighted by molar-refractivity contribution is 6.22. The Balaban J connectivity index is 1.58. The molecule has 3 aromatic rings. The van der Waals surface area contributed by atoms with Gasteiger partial charge in [-0.05, 0) is 55.0 Å². The summed E-state index contributed by atoms with van der Waals surface area (Å²) in [6, 6.07) is 18.4. The number of anilines is 2. The Bertz CT molecular complexity index is 1370. The maximum absolute atomic E-state index is 13.6. The number of benzene rings is 3. The summed E-state index contributed by atoms with van der Waals surface area (Å²) in [5.74, 6) is -0.393. The summed E-state index contributed by atoms with van der Waals surface area (Å²) < 4.78 is 15.5. The first-order chi connectivity index (χ1) is 18.8. The molecule has 1 aliphatic rings. The molecule has 39 heavy (non-hydrogen) atoms. The topological polar surface area (TPSA) is 114 Å². The van der Waals surface area contributed by atoms with Crippen LogP contribution in [0.2, 0.25) is 0 Å². The van der Waals surface area contributed by atoms with Crippen molar-refractivity contribution in [2.45, 2.75) is 25.9 Å². The highest BCUT2D eigenvalue weighted by atomic mass is 16.5. The fourth-order valence-electron chi connectivity index (χ4n) is 4.25. The van der Waals surface area contributed by atoms with Crippen LogP contribution < -0.4 is 19.7 Å². The molecular formula is C29H29N3O7. The summed E-state index contributed by atoms with van der Waals surface area (Å²) in [5.41, 5.74) is 1.76. The fourth-order valence-corrected chi connectivity index (χ4v) is 4.25. The number of carbonyl (C=O) groups excluding carboxylic acids is 4. The Morgan fingerprint density at radius 1 is 0.897 bits per heavy atom. The number of rotatable bonds is 10. The monoisotopic (exact) mass is 531 g/mol. The Morgan fingerprint density at radius 2 is 1.62 bits per heavy atom. The van der Waals surface area contributed by atoms with Crippen molar-refractivity contribution in [2.75, 3.05) is 31.0 Å². The van der Waals surface area contributed by atoms with E-state index < -0.39 is 29.9 Å². The average Bonchev–Trinajstić information content (AvgIpc) is 3.17. The van der Waals surface area contributed by atoms with Gasteiger partial charge in [0.25, 0.3) is 5.91 Å². The van der Waals surface area contributed by atoms with Gasteiger partial charge in [0.05, 0.1) is 38.5 Å². The number of nitrogens with zero attached hydrogens (tertiary/aromatic N) is 2. The van der Waals surface area contributed by atoms with E-state index in [4.69, 9.17) is 14.2 Å². The van der Waals surface area contributed by atoms with Crippen molar-refractivity contribution in [1.29, 1.82) is 0 Å². The highest BCUT2D eigenvalue weighted by Gasteiger charge is 2.46. The number of hydrogen-bond acceptors (Lipinski definition) is 7. The first-order valence-electron chi connectivity index (χ1n) is 12.3. The molecule has 1 heterocycles. The van der Waals surface area contributed by atoms with Crippen LogP contribution in [0.4, 0.5) is 16.2 Å². The third-order valence-corrected chi connectivity index (χ3v) is 6.18. The predicted molar refractivity (Wildman–Crippen MR) is 144 cm³/mol. The number of urea groups is 1. The molecule has 1 N–H and O–H groups in total. The van der Waals surface area contributed by atoms with E-state index in [0.29, 0.717) is 22.9 Å². The van der Waals surface area contributed by atoms with Crippen LogP contribution in [-0.4, -0.2) is 55.6 Å². The molecule has 10 nitrogen and oxygen atoms in total. The zero-order valence-electron chi connectivity index (χ0n) is 21.9. The molecule has 1 saturated heterocycles. The first-order valence-corrected chi connectivity index (χ1v) is 12.3. The number of ether oxygens (including phenoxy) is 3. The molecule has 0 aliphatic carbocycles. The number of methoxy groups -OCH3 is 2. The van der Waals surface area contributed by atoms with Crippen molar-refractivity contribution < 1.29 is 33.4 Å². The summed E-state index contributed by atoms with van der Waals surface area (Å²) >= 11 is 0. The van der Waals surface area contributed by atoms with Crippen LogP contribution in [0.3, 0.4) is 0 Å². The summed E-state index contributed by atoms with van der Waals surface area (Å²) in [5, 5.41) is 2.72. The molecule has 10 heteroatoms. The van der Waals surface area contributed by atoms with E-state index in [1.54, 1.807) is 80.8 Å². The zero-order valence-corrected chi connectivity index (χ0v) is 21.9. The molecule has 1 atom stereocenters. The third kappa shape index (κ3) is 6.18. The van der Waals surface area contributed by atoms with Gasteiger partial charge < -0.3 is 24.4 Å². The third-order valence-electron chi connectivity index (χ3n) is 6.18. The molecule has 4 rings (SSSR count). The lowest BCUT2D eigenvalue weighted by molar-refractivity contribution is -0.124. The van der Waals surface area contributed by atoms with Gasteiger partial charge in [0.1, 0.15) is 17.5 Å². The predicted octanol–water partition coefficient (Wildman–Crippen LogP) is 4.25. The normalized spacial score (nSPS) is 14.8. The van der Waals surface area contributed by atoms with Gasteiger partial charge in [-0.1, -0.05) is 24.3 Å². The van der Waals surface area contributed by atoms with Crippen LogP contribution in [0.25, 0.3) is 0 Å². The quantitative estimate of drug-likeness (QED) is 0.307. The van der Waals surface area contributed by atoms with Crippen molar-refractivity contribution in [1.82, 2.24) is 4.90 Å². The van der Waals surface area contributed by atoms with Crippen LogP contribution in [0.1, 0.15) is 29.3 Å². The second-order valence-corrected chi connectivity index (χ2v) is 8.70. The van der Waals surface area contributed by atoms with Crippen LogP contribution >= 0.6 is 0 Å². The molecule has 0 bridgehead atoms. The minimum atomic E-state index is -1.06. The summed E-state index contributed by atoms with van der Waals surface area (Å²) in [7, 11) is 3.05. The number of amides is 4. The van der Waals surface area contributed by atoms with E-state index in [1.165, 1.54) is 18.1 Å². The Labute approximate surface area is 226 Å². The number of carbonyl (C=O) groups is 4. The second kappa shape index (κ2) is 12.1. The van der Waals surface area contributed by atoms with Crippen molar-refractivity contribution in [3.8, 4) is 11.5 Å². The minimum absolute atomic E-state index is 0.103. The maximum atomic E-state index is 13.6. The van der Waals surface area contributed by atoms with Gasteiger partial charge >= 0.3 is 12.0 Å². The van der Waals surface area contributed by atoms with Gasteiger partial charge in [-0.2, -0.15) is 0 Å². The summed E-state index contributed by atoms with van der Waals surface area (Å²) in [4.78, 5) is 54.7. The highest BCUT2D eigenvalue weighted by Crippen LogP contribution is 2.31. The van der Waals surface area contributed by atoms with Gasteiger partial charge in [0, 0.05) is 18.3 Å². The van der Waals surface area contributed by atoms with Crippen LogP contribution in [0.15, 0.2) is 72.8 Å². The molecule has 1 aliphatic heterocycles. The molecular weight excluding hydrogens is 502 g/mol. The van der Waals surface area contributed by atoms with Gasteiger partial charge in [-0.15, -0.1) is 0 Å². The molecule has 0 aromatic heterocycles. The number of hydrogen-bond donors (Lipinski definition) is 1. The smallest absolute Gasteiger partial charge is 0.338 e. The fraction of sp³-hybridized carbons (Fsp3) is 0.241. The van der Waals surface area contributed by atoms with E-state index >= 15 is 0 Å². The summed E-state index contributed by atoms with van der Waals surface area (Å²) in [6.45, 7) is 2.03. The maximum Gasteiger partial charge on any atom is 0.338 e. The Morgan fingerprint density at radius 3 is 2.31 bits per heavy atom. The number of esters is 1. The van der Waals surface area contributed by atoms with Crippen molar-refractivity contribution in [3.63, 3.8) is 0 Å².